The average Bonchev–Trinajstić information content (AvgIpc) is 2.33. The van der Waals surface area contributed by atoms with E-state index in [1.165, 1.54) is 4.68 Å². The second-order valence-corrected chi connectivity index (χ2v) is 5.32. The van der Waals surface area contributed by atoms with Crippen LogP contribution >= 0.6 is 15.9 Å². The van der Waals surface area contributed by atoms with Crippen LogP contribution in [0.2, 0.25) is 0 Å². The van der Waals surface area contributed by atoms with E-state index in [4.69, 9.17) is 4.74 Å². The number of nitrogens with one attached hydrogen (secondary N) is 1. The quantitative estimate of drug-likeness (QED) is 0.782. The van der Waals surface area contributed by atoms with E-state index in [0.717, 1.165) is 13.0 Å². The molecule has 1 aromatic heterocycles. The van der Waals surface area contributed by atoms with Gasteiger partial charge in [0.1, 0.15) is 4.47 Å². The fourth-order valence-electron chi connectivity index (χ4n) is 1.31. The van der Waals surface area contributed by atoms with Crippen LogP contribution in [0.4, 0.5) is 5.69 Å². The van der Waals surface area contributed by atoms with Crippen molar-refractivity contribution in [3.8, 4) is 0 Å². The zero-order chi connectivity index (χ0) is 13.5. The van der Waals surface area contributed by atoms with E-state index in [1.807, 2.05) is 0 Å². The van der Waals surface area contributed by atoms with Crippen molar-refractivity contribution in [2.24, 2.45) is 13.0 Å². The number of ether oxygens (including phenoxy) is 1. The largest absolute Gasteiger partial charge is 0.380 e. The summed E-state index contributed by atoms with van der Waals surface area (Å²) in [5, 5.41) is 7.07. The number of aromatic nitrogens is 2. The number of rotatable bonds is 7. The third-order valence-electron chi connectivity index (χ3n) is 2.48. The first-order chi connectivity index (χ1) is 8.52. The number of halogens is 1. The van der Waals surface area contributed by atoms with Gasteiger partial charge in [-0.15, -0.1) is 0 Å². The van der Waals surface area contributed by atoms with Crippen molar-refractivity contribution in [3.63, 3.8) is 0 Å². The van der Waals surface area contributed by atoms with Gasteiger partial charge < -0.3 is 10.1 Å². The molecule has 0 spiro atoms. The minimum Gasteiger partial charge on any atom is -0.380 e. The predicted octanol–water partition coefficient (Wildman–Crippen LogP) is 2.02. The molecule has 1 rings (SSSR count). The zero-order valence-electron chi connectivity index (χ0n) is 11.1. The van der Waals surface area contributed by atoms with Gasteiger partial charge in [0.15, 0.2) is 0 Å². The molecule has 18 heavy (non-hydrogen) atoms. The minimum absolute atomic E-state index is 0.152. The highest BCUT2D eigenvalue weighted by atomic mass is 79.9. The van der Waals surface area contributed by atoms with Crippen molar-refractivity contribution >= 4 is 21.6 Å². The van der Waals surface area contributed by atoms with Crippen molar-refractivity contribution in [1.82, 2.24) is 9.78 Å². The molecule has 0 amide bonds. The van der Waals surface area contributed by atoms with E-state index in [0.29, 0.717) is 29.2 Å². The Labute approximate surface area is 116 Å². The van der Waals surface area contributed by atoms with E-state index in [-0.39, 0.29) is 5.56 Å². The summed E-state index contributed by atoms with van der Waals surface area (Å²) in [5.74, 6) is 0.661. The first kappa shape index (κ1) is 15.2. The summed E-state index contributed by atoms with van der Waals surface area (Å²) in [5.41, 5.74) is 0.547. The molecular weight excluding hydrogens is 298 g/mol. The van der Waals surface area contributed by atoms with Gasteiger partial charge in [-0.2, -0.15) is 5.10 Å². The lowest BCUT2D eigenvalue weighted by Crippen LogP contribution is -2.22. The van der Waals surface area contributed by atoms with Crippen LogP contribution in [0, 0.1) is 5.92 Å². The fourth-order valence-corrected chi connectivity index (χ4v) is 1.81. The Bertz CT molecular complexity index is 432. The maximum atomic E-state index is 11.6. The van der Waals surface area contributed by atoms with Gasteiger partial charge >= 0.3 is 0 Å². The molecule has 0 atom stereocenters. The Hall–Kier alpha value is -0.880. The normalized spacial score (nSPS) is 10.9. The molecule has 0 unspecified atom stereocenters. The summed E-state index contributed by atoms with van der Waals surface area (Å²) in [4.78, 5) is 11.6. The van der Waals surface area contributed by atoms with E-state index in [2.05, 4.69) is 40.2 Å². The highest BCUT2D eigenvalue weighted by Crippen LogP contribution is 2.15. The van der Waals surface area contributed by atoms with Crippen LogP contribution in [0.1, 0.15) is 20.3 Å². The topological polar surface area (TPSA) is 56.1 Å². The maximum Gasteiger partial charge on any atom is 0.282 e. The molecule has 0 saturated heterocycles. The van der Waals surface area contributed by atoms with Gasteiger partial charge in [0.2, 0.25) is 0 Å². The van der Waals surface area contributed by atoms with E-state index >= 15 is 0 Å². The van der Waals surface area contributed by atoms with Gasteiger partial charge in [0.05, 0.1) is 18.5 Å². The van der Waals surface area contributed by atoms with Crippen LogP contribution in [0.5, 0.6) is 0 Å². The SMILES string of the molecule is CC(C)CCOCCNc1cnn(C)c(=O)c1Br. The fraction of sp³-hybridized carbons (Fsp3) is 0.667. The smallest absolute Gasteiger partial charge is 0.282 e. The molecule has 102 valence electrons. The molecule has 0 aromatic carbocycles. The van der Waals surface area contributed by atoms with Crippen molar-refractivity contribution in [2.75, 3.05) is 25.1 Å². The van der Waals surface area contributed by atoms with Gasteiger partial charge in [-0.25, -0.2) is 4.68 Å². The van der Waals surface area contributed by atoms with Crippen LogP contribution in [-0.4, -0.2) is 29.5 Å². The van der Waals surface area contributed by atoms with Crippen LogP contribution in [-0.2, 0) is 11.8 Å². The van der Waals surface area contributed by atoms with E-state index in [9.17, 15) is 4.79 Å². The van der Waals surface area contributed by atoms with Gasteiger partial charge in [-0.05, 0) is 28.3 Å². The molecule has 5 nitrogen and oxygen atoms in total. The third kappa shape index (κ3) is 4.78. The molecule has 1 N–H and O–H groups in total. The Morgan fingerprint density at radius 2 is 2.22 bits per heavy atom. The lowest BCUT2D eigenvalue weighted by Gasteiger charge is -2.09. The Morgan fingerprint density at radius 3 is 2.89 bits per heavy atom. The molecule has 6 heteroatoms. The molecule has 0 fully saturated rings. The van der Waals surface area contributed by atoms with Crippen molar-refractivity contribution in [1.29, 1.82) is 0 Å². The summed E-state index contributed by atoms with van der Waals surface area (Å²) in [6.45, 7) is 6.39. The second-order valence-electron chi connectivity index (χ2n) is 4.52. The Kier molecular flexibility index (Phi) is 6.35. The van der Waals surface area contributed by atoms with Crippen molar-refractivity contribution in [2.45, 2.75) is 20.3 Å². The number of hydrogen-bond donors (Lipinski definition) is 1. The van der Waals surface area contributed by atoms with Crippen LogP contribution < -0.4 is 10.9 Å². The first-order valence-electron chi connectivity index (χ1n) is 6.05. The zero-order valence-corrected chi connectivity index (χ0v) is 12.7. The molecular formula is C12H20BrN3O2. The molecule has 0 radical (unpaired) electrons. The van der Waals surface area contributed by atoms with Gasteiger partial charge in [-0.3, -0.25) is 4.79 Å². The number of aryl methyl sites for hydroxylation is 1. The summed E-state index contributed by atoms with van der Waals surface area (Å²) in [6, 6.07) is 0. The molecule has 1 heterocycles. The highest BCUT2D eigenvalue weighted by molar-refractivity contribution is 9.10. The molecule has 1 aromatic rings. The standard InChI is InChI=1S/C12H20BrN3O2/c1-9(2)4-6-18-7-5-14-10-8-15-16(3)12(17)11(10)13/h8-9,14H,4-7H2,1-3H3. The highest BCUT2D eigenvalue weighted by Gasteiger charge is 2.05. The second kappa shape index (κ2) is 7.53. The number of nitrogens with zero attached hydrogens (tertiary/aromatic N) is 2. The van der Waals surface area contributed by atoms with Crippen LogP contribution in [0.15, 0.2) is 15.5 Å². The summed E-state index contributed by atoms with van der Waals surface area (Å²) in [6.07, 6.45) is 2.69. The predicted molar refractivity (Wildman–Crippen MR) is 75.9 cm³/mol. The molecule has 0 aliphatic rings. The monoisotopic (exact) mass is 317 g/mol. The Balaban J connectivity index is 2.32. The Morgan fingerprint density at radius 1 is 1.50 bits per heavy atom. The summed E-state index contributed by atoms with van der Waals surface area (Å²) >= 11 is 3.26. The molecule has 0 bridgehead atoms. The average molecular weight is 318 g/mol. The van der Waals surface area contributed by atoms with Crippen molar-refractivity contribution < 1.29 is 4.74 Å². The first-order valence-corrected chi connectivity index (χ1v) is 6.85. The third-order valence-corrected chi connectivity index (χ3v) is 3.25. The van der Waals surface area contributed by atoms with Crippen LogP contribution in [0.25, 0.3) is 0 Å². The molecule has 0 aliphatic carbocycles. The van der Waals surface area contributed by atoms with Crippen molar-refractivity contribution in [3.05, 3.63) is 21.0 Å². The maximum absolute atomic E-state index is 11.6. The van der Waals surface area contributed by atoms with Crippen LogP contribution in [0.3, 0.4) is 0 Å². The lowest BCUT2D eigenvalue weighted by atomic mass is 10.1. The van der Waals surface area contributed by atoms with Gasteiger partial charge in [0, 0.05) is 20.2 Å². The van der Waals surface area contributed by atoms with Gasteiger partial charge in [-0.1, -0.05) is 13.8 Å². The summed E-state index contributed by atoms with van der Waals surface area (Å²) < 4.78 is 7.27. The lowest BCUT2D eigenvalue weighted by molar-refractivity contribution is 0.132. The number of hydrogen-bond acceptors (Lipinski definition) is 4. The van der Waals surface area contributed by atoms with E-state index < -0.39 is 0 Å². The minimum atomic E-state index is -0.152. The number of anilines is 1. The van der Waals surface area contributed by atoms with E-state index in [1.54, 1.807) is 13.2 Å². The summed E-state index contributed by atoms with van der Waals surface area (Å²) in [7, 11) is 1.62. The molecule has 0 aliphatic heterocycles. The molecule has 0 saturated carbocycles. The van der Waals surface area contributed by atoms with Gasteiger partial charge in [0.25, 0.3) is 5.56 Å².